The summed E-state index contributed by atoms with van der Waals surface area (Å²) in [5.41, 5.74) is -0.493. The van der Waals surface area contributed by atoms with Gasteiger partial charge in [0.05, 0.1) is 26.4 Å². The van der Waals surface area contributed by atoms with Crippen LogP contribution < -0.4 is 0 Å². The zero-order valence-corrected chi connectivity index (χ0v) is 16.9. The van der Waals surface area contributed by atoms with Gasteiger partial charge in [0.1, 0.15) is 18.0 Å². The molecule has 6 heteroatoms. The van der Waals surface area contributed by atoms with Crippen molar-refractivity contribution in [1.82, 2.24) is 0 Å². The summed E-state index contributed by atoms with van der Waals surface area (Å²) in [5.74, 6) is 1.42. The maximum atomic E-state index is 12.2. The molecule has 0 aliphatic heterocycles. The van der Waals surface area contributed by atoms with E-state index in [1.54, 1.807) is 0 Å². The van der Waals surface area contributed by atoms with E-state index in [-0.39, 0.29) is 18.5 Å². The van der Waals surface area contributed by atoms with Gasteiger partial charge in [-0.25, -0.2) is 4.79 Å². The highest BCUT2D eigenvalue weighted by atomic mass is 16.6. The predicted octanol–water partition coefficient (Wildman–Crippen LogP) is 2.94. The van der Waals surface area contributed by atoms with Crippen LogP contribution in [0.2, 0.25) is 0 Å². The summed E-state index contributed by atoms with van der Waals surface area (Å²) < 4.78 is 21.2. The molecular formula is C21H34O6. The SMILES string of the molecule is CC(C)(C)OC(=O)COCCOCCOCCCC(=O)C1CC2C=CC1C2. The van der Waals surface area contributed by atoms with Gasteiger partial charge in [-0.05, 0) is 51.9 Å². The van der Waals surface area contributed by atoms with Gasteiger partial charge in [0.25, 0.3) is 0 Å². The molecule has 0 aromatic carbocycles. The molecule has 1 fully saturated rings. The van der Waals surface area contributed by atoms with Gasteiger partial charge in [-0.2, -0.15) is 0 Å². The molecule has 1 saturated carbocycles. The summed E-state index contributed by atoms with van der Waals surface area (Å²) in [6, 6.07) is 0. The number of hydrogen-bond acceptors (Lipinski definition) is 6. The molecular weight excluding hydrogens is 348 g/mol. The van der Waals surface area contributed by atoms with Gasteiger partial charge < -0.3 is 18.9 Å². The molecule has 0 N–H and O–H groups in total. The number of allylic oxidation sites excluding steroid dienone is 2. The van der Waals surface area contributed by atoms with Crippen molar-refractivity contribution in [2.75, 3.05) is 39.6 Å². The van der Waals surface area contributed by atoms with Crippen LogP contribution in [0, 0.1) is 17.8 Å². The second-order valence-electron chi connectivity index (χ2n) is 8.32. The van der Waals surface area contributed by atoms with Crippen molar-refractivity contribution in [3.8, 4) is 0 Å². The highest BCUT2D eigenvalue weighted by Gasteiger charge is 2.38. The quantitative estimate of drug-likeness (QED) is 0.277. The number of esters is 1. The Kier molecular flexibility index (Phi) is 8.93. The van der Waals surface area contributed by atoms with E-state index in [0.29, 0.717) is 57.1 Å². The minimum absolute atomic E-state index is 0.0659. The Labute approximate surface area is 162 Å². The number of rotatable bonds is 13. The van der Waals surface area contributed by atoms with Crippen molar-refractivity contribution in [2.45, 2.75) is 52.1 Å². The molecule has 3 unspecified atom stereocenters. The van der Waals surface area contributed by atoms with E-state index in [9.17, 15) is 9.59 Å². The van der Waals surface area contributed by atoms with E-state index < -0.39 is 5.60 Å². The Hall–Kier alpha value is -1.24. The van der Waals surface area contributed by atoms with Crippen LogP contribution in [-0.4, -0.2) is 57.0 Å². The van der Waals surface area contributed by atoms with E-state index in [0.717, 1.165) is 12.8 Å². The Morgan fingerprint density at radius 2 is 1.59 bits per heavy atom. The molecule has 0 aromatic rings. The molecule has 0 amide bonds. The van der Waals surface area contributed by atoms with Gasteiger partial charge in [-0.15, -0.1) is 0 Å². The highest BCUT2D eigenvalue weighted by Crippen LogP contribution is 2.44. The van der Waals surface area contributed by atoms with Gasteiger partial charge in [-0.1, -0.05) is 12.2 Å². The molecule has 2 rings (SSSR count). The van der Waals surface area contributed by atoms with E-state index in [4.69, 9.17) is 18.9 Å². The topological polar surface area (TPSA) is 71.1 Å². The summed E-state index contributed by atoms with van der Waals surface area (Å²) in [7, 11) is 0. The number of Topliss-reactive ketones (excluding diaryl/α,β-unsaturated/α-hetero) is 1. The van der Waals surface area contributed by atoms with Gasteiger partial charge >= 0.3 is 5.97 Å². The minimum Gasteiger partial charge on any atom is -0.458 e. The first-order chi connectivity index (χ1) is 12.8. The van der Waals surface area contributed by atoms with Crippen molar-refractivity contribution in [1.29, 1.82) is 0 Å². The molecule has 2 aliphatic rings. The molecule has 2 bridgehead atoms. The molecule has 154 valence electrons. The number of fused-ring (bicyclic) bond motifs is 2. The molecule has 2 aliphatic carbocycles. The van der Waals surface area contributed by atoms with E-state index >= 15 is 0 Å². The summed E-state index contributed by atoms with van der Waals surface area (Å²) in [6.07, 6.45) is 8.09. The molecule has 0 heterocycles. The number of hydrogen-bond donors (Lipinski definition) is 0. The third-order valence-electron chi connectivity index (χ3n) is 4.79. The second kappa shape index (κ2) is 10.9. The number of carbonyl (C=O) groups excluding carboxylic acids is 2. The van der Waals surface area contributed by atoms with Crippen LogP contribution in [0.15, 0.2) is 12.2 Å². The maximum absolute atomic E-state index is 12.2. The lowest BCUT2D eigenvalue weighted by Crippen LogP contribution is -2.27. The molecule has 6 nitrogen and oxygen atoms in total. The van der Waals surface area contributed by atoms with Gasteiger partial charge in [0.2, 0.25) is 0 Å². The number of ether oxygens (including phenoxy) is 4. The van der Waals surface area contributed by atoms with Crippen LogP contribution in [0.4, 0.5) is 0 Å². The van der Waals surface area contributed by atoms with Crippen molar-refractivity contribution in [3.05, 3.63) is 12.2 Å². The maximum Gasteiger partial charge on any atom is 0.332 e. The van der Waals surface area contributed by atoms with E-state index in [1.807, 2.05) is 20.8 Å². The lowest BCUT2D eigenvalue weighted by atomic mass is 9.88. The van der Waals surface area contributed by atoms with E-state index in [2.05, 4.69) is 12.2 Å². The molecule has 3 atom stereocenters. The zero-order valence-electron chi connectivity index (χ0n) is 16.9. The first kappa shape index (κ1) is 22.1. The van der Waals surface area contributed by atoms with Gasteiger partial charge in [-0.3, -0.25) is 4.79 Å². The Bertz CT molecular complexity index is 507. The smallest absolute Gasteiger partial charge is 0.332 e. The van der Waals surface area contributed by atoms with Crippen molar-refractivity contribution in [2.24, 2.45) is 17.8 Å². The van der Waals surface area contributed by atoms with Crippen molar-refractivity contribution >= 4 is 11.8 Å². The van der Waals surface area contributed by atoms with Crippen LogP contribution in [0.1, 0.15) is 46.5 Å². The third-order valence-corrected chi connectivity index (χ3v) is 4.79. The Morgan fingerprint density at radius 1 is 0.926 bits per heavy atom. The van der Waals surface area contributed by atoms with Crippen molar-refractivity contribution < 1.29 is 28.5 Å². The summed E-state index contributed by atoms with van der Waals surface area (Å²) in [6.45, 7) is 7.69. The Balaban J connectivity index is 1.34. The molecule has 0 aromatic heterocycles. The second-order valence-corrected chi connectivity index (χ2v) is 8.32. The first-order valence-electron chi connectivity index (χ1n) is 10.0. The van der Waals surface area contributed by atoms with Gasteiger partial charge in [0, 0.05) is 18.9 Å². The molecule has 0 saturated heterocycles. The summed E-state index contributed by atoms with van der Waals surface area (Å²) in [5, 5.41) is 0. The molecule has 0 radical (unpaired) electrons. The number of ketones is 1. The van der Waals surface area contributed by atoms with Crippen LogP contribution in [0.25, 0.3) is 0 Å². The summed E-state index contributed by atoms with van der Waals surface area (Å²) in [4.78, 5) is 23.7. The van der Waals surface area contributed by atoms with E-state index in [1.165, 1.54) is 6.42 Å². The highest BCUT2D eigenvalue weighted by molar-refractivity contribution is 5.82. The van der Waals surface area contributed by atoms with Crippen LogP contribution in [-0.2, 0) is 28.5 Å². The Morgan fingerprint density at radius 3 is 2.19 bits per heavy atom. The molecule has 0 spiro atoms. The fourth-order valence-corrected chi connectivity index (χ4v) is 3.65. The van der Waals surface area contributed by atoms with Crippen LogP contribution in [0.5, 0.6) is 0 Å². The number of carbonyl (C=O) groups is 2. The van der Waals surface area contributed by atoms with Crippen LogP contribution >= 0.6 is 0 Å². The lowest BCUT2D eigenvalue weighted by molar-refractivity contribution is -0.160. The van der Waals surface area contributed by atoms with Gasteiger partial charge in [0.15, 0.2) is 0 Å². The third kappa shape index (κ3) is 8.54. The average molecular weight is 382 g/mol. The normalized spacial score (nSPS) is 23.7. The fourth-order valence-electron chi connectivity index (χ4n) is 3.65. The van der Waals surface area contributed by atoms with Crippen molar-refractivity contribution in [3.63, 3.8) is 0 Å². The fraction of sp³-hybridized carbons (Fsp3) is 0.810. The lowest BCUT2D eigenvalue weighted by Gasteiger charge is -2.19. The minimum atomic E-state index is -0.493. The molecule has 27 heavy (non-hydrogen) atoms. The zero-order chi connectivity index (χ0) is 19.7. The summed E-state index contributed by atoms with van der Waals surface area (Å²) >= 11 is 0. The van der Waals surface area contributed by atoms with Crippen LogP contribution in [0.3, 0.4) is 0 Å². The average Bonchev–Trinajstić information content (AvgIpc) is 3.21. The monoisotopic (exact) mass is 382 g/mol. The predicted molar refractivity (Wildman–Crippen MR) is 101 cm³/mol. The standard InChI is InChI=1S/C21H34O6/c1-21(2,3)27-20(23)15-26-12-11-25-10-9-24-8-4-5-19(22)18-14-16-6-7-17(18)13-16/h6-7,16-18H,4-5,8-15H2,1-3H3. The first-order valence-corrected chi connectivity index (χ1v) is 10.0. The largest absolute Gasteiger partial charge is 0.458 e.